The van der Waals surface area contributed by atoms with Crippen LogP contribution in [0.4, 0.5) is 0 Å². The summed E-state index contributed by atoms with van der Waals surface area (Å²) >= 11 is 3.28. The fourth-order valence-corrected chi connectivity index (χ4v) is 1.13. The highest BCUT2D eigenvalue weighted by molar-refractivity contribution is 9.08. The Balaban J connectivity index is 2.74. The van der Waals surface area contributed by atoms with Gasteiger partial charge in [-0.25, -0.2) is 0 Å². The minimum atomic E-state index is -0.511. The van der Waals surface area contributed by atoms with Crippen LogP contribution in [0.2, 0.25) is 0 Å². The van der Waals surface area contributed by atoms with Crippen LogP contribution in [0, 0.1) is 5.41 Å². The molecule has 0 aliphatic heterocycles. The third-order valence-electron chi connectivity index (χ3n) is 1.63. The second-order valence-corrected chi connectivity index (χ2v) is 4.55. The maximum atomic E-state index is 11.5. The van der Waals surface area contributed by atoms with Gasteiger partial charge in [-0.15, -0.1) is 5.10 Å². The summed E-state index contributed by atoms with van der Waals surface area (Å²) in [6, 6.07) is 0. The fourth-order valence-electron chi connectivity index (χ4n) is 0.727. The first-order valence-electron chi connectivity index (χ1n) is 4.26. The van der Waals surface area contributed by atoms with Crippen molar-refractivity contribution in [2.45, 2.75) is 26.1 Å². The van der Waals surface area contributed by atoms with E-state index in [2.05, 4.69) is 26.1 Å². The zero-order valence-electron chi connectivity index (χ0n) is 8.43. The molecule has 0 aromatic carbocycles. The molecule has 78 valence electrons. The van der Waals surface area contributed by atoms with Gasteiger partial charge in [0.2, 0.25) is 5.88 Å². The molecule has 1 aromatic heterocycles. The van der Waals surface area contributed by atoms with E-state index in [-0.39, 0.29) is 5.97 Å². The van der Waals surface area contributed by atoms with Crippen LogP contribution in [0.5, 0.6) is 5.88 Å². The highest BCUT2D eigenvalue weighted by Gasteiger charge is 2.25. The molecule has 0 aliphatic rings. The molecule has 0 saturated heterocycles. The summed E-state index contributed by atoms with van der Waals surface area (Å²) in [5.74, 6) is 0.0635. The Morgan fingerprint density at radius 3 is 2.79 bits per heavy atom. The number of carbonyl (C=O) groups is 1. The second kappa shape index (κ2) is 4.13. The second-order valence-electron chi connectivity index (χ2n) is 3.99. The summed E-state index contributed by atoms with van der Waals surface area (Å²) in [7, 11) is 0. The first kappa shape index (κ1) is 11.2. The van der Waals surface area contributed by atoms with E-state index in [1.165, 1.54) is 0 Å². The minimum absolute atomic E-state index is 0.285. The van der Waals surface area contributed by atoms with Crippen LogP contribution in [-0.4, -0.2) is 16.2 Å². The normalized spacial score (nSPS) is 11.4. The number of nitrogens with zero attached hydrogens (tertiary/aromatic N) is 1. The van der Waals surface area contributed by atoms with E-state index in [1.807, 2.05) is 0 Å². The van der Waals surface area contributed by atoms with E-state index in [0.717, 1.165) is 5.56 Å². The molecule has 1 rings (SSSR count). The van der Waals surface area contributed by atoms with Gasteiger partial charge < -0.3 is 4.74 Å². The van der Waals surface area contributed by atoms with Gasteiger partial charge in [0, 0.05) is 17.1 Å². The van der Waals surface area contributed by atoms with Gasteiger partial charge in [-0.2, -0.15) is 0 Å². The first-order chi connectivity index (χ1) is 6.45. The Morgan fingerprint density at radius 2 is 2.29 bits per heavy atom. The van der Waals surface area contributed by atoms with Crippen molar-refractivity contribution in [2.75, 3.05) is 0 Å². The molecule has 1 N–H and O–H groups in total. The predicted molar refractivity (Wildman–Crippen MR) is 56.3 cm³/mol. The quantitative estimate of drug-likeness (QED) is 0.656. The number of hydrogen-bond acceptors (Lipinski definition) is 3. The first-order valence-corrected chi connectivity index (χ1v) is 5.38. The smallest absolute Gasteiger partial charge is 0.318 e. The van der Waals surface area contributed by atoms with Crippen LogP contribution in [-0.2, 0) is 10.1 Å². The van der Waals surface area contributed by atoms with E-state index in [0.29, 0.717) is 11.2 Å². The Labute approximate surface area is 91.2 Å². The van der Waals surface area contributed by atoms with Crippen molar-refractivity contribution in [2.24, 2.45) is 5.41 Å². The van der Waals surface area contributed by atoms with Crippen molar-refractivity contribution in [3.05, 3.63) is 11.8 Å². The summed E-state index contributed by atoms with van der Waals surface area (Å²) in [5.41, 5.74) is 0.324. The molecule has 0 fully saturated rings. The zero-order chi connectivity index (χ0) is 10.8. The fraction of sp³-hybridized carbons (Fsp3) is 0.556. The maximum Gasteiger partial charge on any atom is 0.318 e. The summed E-state index contributed by atoms with van der Waals surface area (Å²) in [5, 5.41) is 7.10. The van der Waals surface area contributed by atoms with Crippen LogP contribution in [0.25, 0.3) is 0 Å². The third kappa shape index (κ3) is 2.57. The monoisotopic (exact) mass is 260 g/mol. The van der Waals surface area contributed by atoms with Gasteiger partial charge in [0.1, 0.15) is 0 Å². The Kier molecular flexibility index (Phi) is 3.31. The van der Waals surface area contributed by atoms with Crippen LogP contribution < -0.4 is 4.74 Å². The number of ether oxygens (including phenoxy) is 1. The van der Waals surface area contributed by atoms with Gasteiger partial charge in [-0.3, -0.25) is 9.89 Å². The molecular formula is C9H13BrN2O2. The maximum absolute atomic E-state index is 11.5. The van der Waals surface area contributed by atoms with E-state index in [4.69, 9.17) is 4.74 Å². The highest BCUT2D eigenvalue weighted by atomic mass is 79.9. The van der Waals surface area contributed by atoms with Crippen molar-refractivity contribution >= 4 is 21.9 Å². The Bertz CT molecular complexity index is 328. The molecule has 0 bridgehead atoms. The lowest BCUT2D eigenvalue weighted by Gasteiger charge is -2.15. The average Bonchev–Trinajstić information content (AvgIpc) is 2.50. The highest BCUT2D eigenvalue weighted by Crippen LogP contribution is 2.21. The average molecular weight is 261 g/mol. The van der Waals surface area contributed by atoms with Crippen LogP contribution >= 0.6 is 15.9 Å². The summed E-state index contributed by atoms with van der Waals surface area (Å²) in [6.45, 7) is 5.40. The minimum Gasteiger partial charge on any atom is -0.405 e. The van der Waals surface area contributed by atoms with Crippen molar-refractivity contribution in [1.29, 1.82) is 0 Å². The molecule has 0 aliphatic carbocycles. The van der Waals surface area contributed by atoms with E-state index < -0.39 is 5.41 Å². The van der Waals surface area contributed by atoms with Crippen molar-refractivity contribution in [3.8, 4) is 5.88 Å². The van der Waals surface area contributed by atoms with Gasteiger partial charge >= 0.3 is 5.97 Å². The molecule has 1 heterocycles. The number of nitrogens with one attached hydrogen (secondary N) is 1. The number of carbonyl (C=O) groups excluding carboxylic acids is 1. The van der Waals surface area contributed by atoms with Gasteiger partial charge in [0.05, 0.1) is 5.41 Å². The van der Waals surface area contributed by atoms with Gasteiger partial charge in [0.15, 0.2) is 0 Å². The zero-order valence-corrected chi connectivity index (χ0v) is 10.0. The molecule has 14 heavy (non-hydrogen) atoms. The van der Waals surface area contributed by atoms with Crippen molar-refractivity contribution < 1.29 is 9.53 Å². The standard InChI is InChI=1S/C9H13BrN2O2/c1-9(2,3)8(13)14-7-6(4-10)5-11-12-7/h5H,4H2,1-3H3,(H,11,12). The lowest BCUT2D eigenvalue weighted by atomic mass is 9.97. The lowest BCUT2D eigenvalue weighted by molar-refractivity contribution is -0.143. The van der Waals surface area contributed by atoms with Crippen LogP contribution in [0.1, 0.15) is 26.3 Å². The number of aromatic nitrogens is 2. The summed E-state index contributed by atoms with van der Waals surface area (Å²) in [4.78, 5) is 11.5. The largest absolute Gasteiger partial charge is 0.405 e. The van der Waals surface area contributed by atoms with E-state index in [9.17, 15) is 4.79 Å². The lowest BCUT2D eigenvalue weighted by Crippen LogP contribution is -2.26. The number of halogens is 1. The molecule has 0 radical (unpaired) electrons. The SMILES string of the molecule is CC(C)(C)C(=O)Oc1n[nH]cc1CBr. The van der Waals surface area contributed by atoms with E-state index >= 15 is 0 Å². The Hall–Kier alpha value is -0.840. The molecule has 0 unspecified atom stereocenters. The molecule has 4 nitrogen and oxygen atoms in total. The third-order valence-corrected chi connectivity index (χ3v) is 2.23. The number of rotatable bonds is 2. The number of hydrogen-bond donors (Lipinski definition) is 1. The predicted octanol–water partition coefficient (Wildman–Crippen LogP) is 2.26. The van der Waals surface area contributed by atoms with Gasteiger partial charge in [-0.05, 0) is 20.8 Å². The van der Waals surface area contributed by atoms with E-state index in [1.54, 1.807) is 27.0 Å². The summed E-state index contributed by atoms with van der Waals surface area (Å²) in [6.07, 6.45) is 1.69. The molecule has 0 amide bonds. The van der Waals surface area contributed by atoms with Crippen molar-refractivity contribution in [3.63, 3.8) is 0 Å². The molecule has 0 spiro atoms. The number of H-pyrrole nitrogens is 1. The molecule has 1 aromatic rings. The van der Waals surface area contributed by atoms with Gasteiger partial charge in [0.25, 0.3) is 0 Å². The number of esters is 1. The molecule has 5 heteroatoms. The molecular weight excluding hydrogens is 248 g/mol. The van der Waals surface area contributed by atoms with Gasteiger partial charge in [-0.1, -0.05) is 15.9 Å². The molecule has 0 saturated carbocycles. The summed E-state index contributed by atoms with van der Waals surface area (Å²) < 4.78 is 5.13. The number of alkyl halides is 1. The molecule has 0 atom stereocenters. The Morgan fingerprint density at radius 1 is 1.64 bits per heavy atom. The van der Waals surface area contributed by atoms with Crippen LogP contribution in [0.3, 0.4) is 0 Å². The number of aromatic amines is 1. The van der Waals surface area contributed by atoms with Crippen molar-refractivity contribution in [1.82, 2.24) is 10.2 Å². The topological polar surface area (TPSA) is 55.0 Å². The van der Waals surface area contributed by atoms with Crippen LogP contribution in [0.15, 0.2) is 6.20 Å².